The summed E-state index contributed by atoms with van der Waals surface area (Å²) in [5.41, 5.74) is 0.503. The first-order valence-electron chi connectivity index (χ1n) is 6.41. The molecule has 1 atom stereocenters. The van der Waals surface area contributed by atoms with E-state index in [-0.39, 0.29) is 11.5 Å². The van der Waals surface area contributed by atoms with Gasteiger partial charge in [0.1, 0.15) is 11.7 Å². The number of Topliss-reactive ketones (excluding diaryl/α,β-unsaturated/α-hetero) is 1. The largest absolute Gasteiger partial charge is 0.435 e. The number of carbonyl (C=O) groups is 1. The minimum Gasteiger partial charge on any atom is -0.435 e. The second-order valence-electron chi connectivity index (χ2n) is 4.91. The summed E-state index contributed by atoms with van der Waals surface area (Å²) in [6, 6.07) is 7.58. The van der Waals surface area contributed by atoms with E-state index in [2.05, 4.69) is 4.74 Å². The minimum atomic E-state index is -2.89. The number of hydrogen-bond acceptors (Lipinski definition) is 3. The lowest BCUT2D eigenvalue weighted by molar-refractivity contribution is -0.119. The number of ether oxygens (including phenoxy) is 1. The molecule has 0 aromatic heterocycles. The first-order chi connectivity index (χ1) is 9.43. The van der Waals surface area contributed by atoms with Gasteiger partial charge in [0, 0.05) is 6.42 Å². The van der Waals surface area contributed by atoms with E-state index < -0.39 is 12.5 Å². The maximum absolute atomic E-state index is 12.0. The van der Waals surface area contributed by atoms with E-state index in [4.69, 9.17) is 5.26 Å². The quantitative estimate of drug-likeness (QED) is 0.761. The van der Waals surface area contributed by atoms with Crippen molar-refractivity contribution in [1.29, 1.82) is 5.26 Å². The molecular weight excluding hydrogens is 264 g/mol. The molecule has 0 heterocycles. The molecule has 0 fully saturated rings. The Kier molecular flexibility index (Phi) is 6.10. The number of benzene rings is 1. The zero-order chi connectivity index (χ0) is 15.1. The van der Waals surface area contributed by atoms with Crippen molar-refractivity contribution >= 4 is 5.78 Å². The Morgan fingerprint density at radius 1 is 1.30 bits per heavy atom. The molecule has 0 aliphatic rings. The van der Waals surface area contributed by atoms with Crippen LogP contribution in [0.3, 0.4) is 0 Å². The van der Waals surface area contributed by atoms with Gasteiger partial charge in [-0.25, -0.2) is 0 Å². The molecule has 0 saturated carbocycles. The van der Waals surface area contributed by atoms with Crippen molar-refractivity contribution in [3.05, 3.63) is 29.8 Å². The zero-order valence-electron chi connectivity index (χ0n) is 11.5. The van der Waals surface area contributed by atoms with Crippen molar-refractivity contribution in [3.63, 3.8) is 0 Å². The minimum absolute atomic E-state index is 0.00932. The molecule has 0 spiro atoms. The SMILES string of the molecule is CC(C)CCC(=O)C(C#N)c1ccc(OC(F)F)cc1. The number of hydrogen-bond donors (Lipinski definition) is 0. The van der Waals surface area contributed by atoms with Crippen LogP contribution < -0.4 is 4.74 Å². The van der Waals surface area contributed by atoms with Gasteiger partial charge < -0.3 is 4.74 Å². The lowest BCUT2D eigenvalue weighted by atomic mass is 9.92. The number of nitrogens with zero attached hydrogens (tertiary/aromatic N) is 1. The maximum atomic E-state index is 12.0. The summed E-state index contributed by atoms with van der Waals surface area (Å²) in [6.45, 7) is 1.12. The molecule has 0 amide bonds. The monoisotopic (exact) mass is 281 g/mol. The lowest BCUT2D eigenvalue weighted by Crippen LogP contribution is -2.11. The lowest BCUT2D eigenvalue weighted by Gasteiger charge is -2.11. The highest BCUT2D eigenvalue weighted by Crippen LogP contribution is 2.23. The predicted molar refractivity (Wildman–Crippen MR) is 70.5 cm³/mol. The number of ketones is 1. The third-order valence-electron chi connectivity index (χ3n) is 2.86. The number of carbonyl (C=O) groups excluding carboxylic acids is 1. The van der Waals surface area contributed by atoms with Crippen LogP contribution in [0.4, 0.5) is 8.78 Å². The van der Waals surface area contributed by atoms with Crippen molar-refractivity contribution < 1.29 is 18.3 Å². The first-order valence-corrected chi connectivity index (χ1v) is 6.41. The van der Waals surface area contributed by atoms with E-state index in [1.807, 2.05) is 19.9 Å². The van der Waals surface area contributed by atoms with Gasteiger partial charge in [-0.2, -0.15) is 14.0 Å². The van der Waals surface area contributed by atoms with Crippen molar-refractivity contribution in [2.75, 3.05) is 0 Å². The summed E-state index contributed by atoms with van der Waals surface area (Å²) in [5.74, 6) is -0.603. The van der Waals surface area contributed by atoms with Crippen LogP contribution in [0.15, 0.2) is 24.3 Å². The van der Waals surface area contributed by atoms with Crippen LogP contribution in [0.1, 0.15) is 38.2 Å². The topological polar surface area (TPSA) is 50.1 Å². The fourth-order valence-electron chi connectivity index (χ4n) is 1.75. The number of alkyl halides is 2. The van der Waals surface area contributed by atoms with Crippen LogP contribution in [0.25, 0.3) is 0 Å². The molecule has 3 nitrogen and oxygen atoms in total. The van der Waals surface area contributed by atoms with E-state index in [1.54, 1.807) is 0 Å². The van der Waals surface area contributed by atoms with Gasteiger partial charge in [-0.3, -0.25) is 4.79 Å². The first kappa shape index (κ1) is 16.1. The summed E-state index contributed by atoms with van der Waals surface area (Å²) in [7, 11) is 0. The Labute approximate surface area is 117 Å². The van der Waals surface area contributed by atoms with Gasteiger partial charge in [0.25, 0.3) is 0 Å². The summed E-state index contributed by atoms with van der Waals surface area (Å²) in [4.78, 5) is 12.0. The predicted octanol–water partition coefficient (Wildman–Crippen LogP) is 3.90. The van der Waals surface area contributed by atoms with E-state index in [9.17, 15) is 13.6 Å². The Morgan fingerprint density at radius 3 is 2.35 bits per heavy atom. The summed E-state index contributed by atoms with van der Waals surface area (Å²) < 4.78 is 28.3. The van der Waals surface area contributed by atoms with Gasteiger partial charge >= 0.3 is 6.61 Å². The number of nitriles is 1. The molecule has 0 aliphatic heterocycles. The van der Waals surface area contributed by atoms with E-state index in [0.717, 1.165) is 6.42 Å². The van der Waals surface area contributed by atoms with Gasteiger partial charge in [0.2, 0.25) is 0 Å². The van der Waals surface area contributed by atoms with Crippen molar-refractivity contribution in [2.45, 2.75) is 39.2 Å². The van der Waals surface area contributed by atoms with E-state index >= 15 is 0 Å². The molecule has 1 unspecified atom stereocenters. The molecule has 1 aromatic carbocycles. The van der Waals surface area contributed by atoms with Gasteiger partial charge in [0.05, 0.1) is 6.07 Å². The average Bonchev–Trinajstić information content (AvgIpc) is 2.38. The second kappa shape index (κ2) is 7.59. The smallest absolute Gasteiger partial charge is 0.387 e. The molecule has 1 aromatic rings. The summed E-state index contributed by atoms with van der Waals surface area (Å²) in [5, 5.41) is 9.11. The fraction of sp³-hybridized carbons (Fsp3) is 0.467. The molecule has 108 valence electrons. The maximum Gasteiger partial charge on any atom is 0.387 e. The number of halogens is 2. The van der Waals surface area contributed by atoms with Gasteiger partial charge in [0.15, 0.2) is 5.78 Å². The van der Waals surface area contributed by atoms with Gasteiger partial charge in [-0.05, 0) is 30.0 Å². The van der Waals surface area contributed by atoms with Crippen LogP contribution in [0.5, 0.6) is 5.75 Å². The average molecular weight is 281 g/mol. The molecule has 0 N–H and O–H groups in total. The van der Waals surface area contributed by atoms with E-state index in [1.165, 1.54) is 24.3 Å². The highest BCUT2D eigenvalue weighted by atomic mass is 19.3. The summed E-state index contributed by atoms with van der Waals surface area (Å²) >= 11 is 0. The highest BCUT2D eigenvalue weighted by Gasteiger charge is 2.20. The third-order valence-corrected chi connectivity index (χ3v) is 2.86. The molecule has 20 heavy (non-hydrogen) atoms. The molecule has 0 radical (unpaired) electrons. The van der Waals surface area contributed by atoms with Crippen LogP contribution in [-0.4, -0.2) is 12.4 Å². The van der Waals surface area contributed by atoms with Gasteiger partial charge in [-0.1, -0.05) is 26.0 Å². The zero-order valence-corrected chi connectivity index (χ0v) is 11.5. The Morgan fingerprint density at radius 2 is 1.90 bits per heavy atom. The summed E-state index contributed by atoms with van der Waals surface area (Å²) in [6.07, 6.45) is 1.06. The van der Waals surface area contributed by atoms with Crippen LogP contribution >= 0.6 is 0 Å². The van der Waals surface area contributed by atoms with Crippen LogP contribution in [0, 0.1) is 17.2 Å². The Balaban J connectivity index is 2.75. The normalized spacial score (nSPS) is 12.2. The van der Waals surface area contributed by atoms with Crippen molar-refractivity contribution in [3.8, 4) is 11.8 Å². The van der Waals surface area contributed by atoms with Crippen molar-refractivity contribution in [1.82, 2.24) is 0 Å². The standard InChI is InChI=1S/C15H17F2NO2/c1-10(2)3-8-14(19)13(9-18)11-4-6-12(7-5-11)20-15(16)17/h4-7,10,13,15H,3,8H2,1-2H3. The Hall–Kier alpha value is -1.96. The van der Waals surface area contributed by atoms with E-state index in [0.29, 0.717) is 17.9 Å². The molecule has 5 heteroatoms. The molecule has 0 saturated heterocycles. The second-order valence-corrected chi connectivity index (χ2v) is 4.91. The fourth-order valence-corrected chi connectivity index (χ4v) is 1.75. The highest BCUT2D eigenvalue weighted by molar-refractivity contribution is 5.88. The Bertz CT molecular complexity index is 478. The van der Waals surface area contributed by atoms with Crippen LogP contribution in [-0.2, 0) is 4.79 Å². The third kappa shape index (κ3) is 4.96. The van der Waals surface area contributed by atoms with Crippen molar-refractivity contribution in [2.24, 2.45) is 5.92 Å². The molecule has 0 aliphatic carbocycles. The molecule has 0 bridgehead atoms. The van der Waals surface area contributed by atoms with Gasteiger partial charge in [-0.15, -0.1) is 0 Å². The molecule has 1 rings (SSSR count). The number of rotatable bonds is 7. The van der Waals surface area contributed by atoms with Crippen LogP contribution in [0.2, 0.25) is 0 Å². The molecular formula is C15H17F2NO2.